The van der Waals surface area contributed by atoms with E-state index in [9.17, 15) is 0 Å². The average molecular weight is 451 g/mol. The minimum Gasteiger partial charge on any atom is -0.378 e. The molecule has 170 valence electrons. The van der Waals surface area contributed by atoms with E-state index >= 15 is 0 Å². The third kappa shape index (κ3) is 6.64. The van der Waals surface area contributed by atoms with Gasteiger partial charge < -0.3 is 15.5 Å². The zero-order valence-electron chi connectivity index (χ0n) is 19.1. The van der Waals surface area contributed by atoms with E-state index in [-0.39, 0.29) is 0 Å². The van der Waals surface area contributed by atoms with Gasteiger partial charge in [0.25, 0.3) is 0 Å². The van der Waals surface area contributed by atoms with Crippen LogP contribution in [0.4, 0.5) is 34.9 Å². The number of anilines is 6. The van der Waals surface area contributed by atoms with E-state index in [1.807, 2.05) is 86.9 Å². The Morgan fingerprint density at radius 2 is 1.21 bits per heavy atom. The zero-order chi connectivity index (χ0) is 23.6. The molecule has 0 saturated carbocycles. The summed E-state index contributed by atoms with van der Waals surface area (Å²) in [4.78, 5) is 15.4. The lowest BCUT2D eigenvalue weighted by molar-refractivity contribution is 1.04. The van der Waals surface area contributed by atoms with E-state index in [0.717, 1.165) is 22.6 Å². The van der Waals surface area contributed by atoms with E-state index in [0.29, 0.717) is 17.8 Å². The molecule has 3 aromatic carbocycles. The first-order chi connectivity index (χ1) is 16.7. The van der Waals surface area contributed by atoms with E-state index in [1.165, 1.54) is 0 Å². The van der Waals surface area contributed by atoms with Crippen molar-refractivity contribution in [3.63, 3.8) is 0 Å². The Balaban J connectivity index is 1.46. The second-order valence-electron chi connectivity index (χ2n) is 7.52. The molecule has 1 heterocycles. The molecule has 0 radical (unpaired) electrons. The molecule has 0 aliphatic carbocycles. The van der Waals surface area contributed by atoms with Crippen LogP contribution in [-0.4, -0.2) is 35.3 Å². The van der Waals surface area contributed by atoms with Gasteiger partial charge in [0, 0.05) is 37.4 Å². The molecular weight excluding hydrogens is 424 g/mol. The maximum Gasteiger partial charge on any atom is 0.250 e. The standard InChI is InChI=1S/C26H26N8/c1-34(2)23-17-15-20(16-18-23)10-9-19-27-33-26-31-24(28-21-11-5-3-6-12-21)30-25(32-26)29-22-13-7-4-8-14-22/h3-19H,1-2H3,(H3,28,29,30,31,32,33)/b10-9+,27-19-. The van der Waals surface area contributed by atoms with Gasteiger partial charge in [0.05, 0.1) is 0 Å². The maximum absolute atomic E-state index is 4.47. The van der Waals surface area contributed by atoms with Gasteiger partial charge in [0.2, 0.25) is 17.8 Å². The van der Waals surface area contributed by atoms with Gasteiger partial charge in [-0.2, -0.15) is 20.1 Å². The summed E-state index contributed by atoms with van der Waals surface area (Å²) >= 11 is 0. The summed E-state index contributed by atoms with van der Waals surface area (Å²) in [6.07, 6.45) is 5.48. The van der Waals surface area contributed by atoms with Gasteiger partial charge in [-0.3, -0.25) is 0 Å². The number of benzene rings is 3. The molecular formula is C26H26N8. The van der Waals surface area contributed by atoms with Crippen molar-refractivity contribution in [1.29, 1.82) is 0 Å². The number of rotatable bonds is 9. The third-order valence-electron chi connectivity index (χ3n) is 4.72. The van der Waals surface area contributed by atoms with Crippen LogP contribution in [0.3, 0.4) is 0 Å². The monoisotopic (exact) mass is 450 g/mol. The molecule has 8 heteroatoms. The van der Waals surface area contributed by atoms with Gasteiger partial charge in [-0.25, -0.2) is 5.43 Å². The number of hydrazone groups is 1. The summed E-state index contributed by atoms with van der Waals surface area (Å²) in [7, 11) is 4.04. The normalized spacial score (nSPS) is 11.0. The fraction of sp³-hybridized carbons (Fsp3) is 0.0769. The van der Waals surface area contributed by atoms with Crippen LogP contribution < -0.4 is 21.0 Å². The van der Waals surface area contributed by atoms with Crippen LogP contribution in [0.1, 0.15) is 5.56 Å². The summed E-state index contributed by atoms with van der Waals surface area (Å²) < 4.78 is 0. The number of para-hydroxylation sites is 2. The van der Waals surface area contributed by atoms with Gasteiger partial charge in [-0.1, -0.05) is 54.6 Å². The van der Waals surface area contributed by atoms with E-state index in [1.54, 1.807) is 6.21 Å². The molecule has 8 nitrogen and oxygen atoms in total. The molecule has 3 N–H and O–H groups in total. The van der Waals surface area contributed by atoms with Crippen molar-refractivity contribution in [3.8, 4) is 0 Å². The van der Waals surface area contributed by atoms with Crippen molar-refractivity contribution in [2.24, 2.45) is 5.10 Å². The van der Waals surface area contributed by atoms with Crippen molar-refractivity contribution in [2.45, 2.75) is 0 Å². The Morgan fingerprint density at radius 3 is 1.74 bits per heavy atom. The van der Waals surface area contributed by atoms with Gasteiger partial charge in [-0.15, -0.1) is 0 Å². The van der Waals surface area contributed by atoms with Gasteiger partial charge >= 0.3 is 0 Å². The van der Waals surface area contributed by atoms with Crippen LogP contribution in [0.5, 0.6) is 0 Å². The summed E-state index contributed by atoms with van der Waals surface area (Å²) in [6, 6.07) is 27.7. The van der Waals surface area contributed by atoms with Crippen LogP contribution in [0.25, 0.3) is 6.08 Å². The fourth-order valence-corrected chi connectivity index (χ4v) is 3.01. The summed E-state index contributed by atoms with van der Waals surface area (Å²) in [5.41, 5.74) is 6.86. The number of hydrogen-bond donors (Lipinski definition) is 3. The highest BCUT2D eigenvalue weighted by Gasteiger charge is 2.07. The quantitative estimate of drug-likeness (QED) is 0.228. The largest absolute Gasteiger partial charge is 0.378 e. The Morgan fingerprint density at radius 1 is 0.676 bits per heavy atom. The number of hydrogen-bond acceptors (Lipinski definition) is 8. The molecule has 0 saturated heterocycles. The van der Waals surface area contributed by atoms with Crippen LogP contribution in [0, 0.1) is 0 Å². The predicted molar refractivity (Wildman–Crippen MR) is 141 cm³/mol. The topological polar surface area (TPSA) is 90.4 Å². The third-order valence-corrected chi connectivity index (χ3v) is 4.72. The molecule has 0 aliphatic rings. The van der Waals surface area contributed by atoms with Crippen molar-refractivity contribution >= 4 is 47.2 Å². The Hall–Kier alpha value is -4.72. The molecule has 0 unspecified atom stereocenters. The lowest BCUT2D eigenvalue weighted by Gasteiger charge is -2.11. The predicted octanol–water partition coefficient (Wildman–Crippen LogP) is 5.54. The average Bonchev–Trinajstić information content (AvgIpc) is 2.85. The molecule has 4 aromatic rings. The number of aromatic nitrogens is 3. The van der Waals surface area contributed by atoms with Gasteiger partial charge in [-0.05, 0) is 48.0 Å². The molecule has 0 aliphatic heterocycles. The fourth-order valence-electron chi connectivity index (χ4n) is 3.01. The van der Waals surface area contributed by atoms with Crippen molar-refractivity contribution in [3.05, 3.63) is 96.6 Å². The molecule has 1 aromatic heterocycles. The van der Waals surface area contributed by atoms with E-state index < -0.39 is 0 Å². The highest BCUT2D eigenvalue weighted by Crippen LogP contribution is 2.18. The SMILES string of the molecule is CN(C)c1ccc(/C=C/C=N\Nc2nc(Nc3ccccc3)nc(Nc3ccccc3)n2)cc1. The van der Waals surface area contributed by atoms with E-state index in [2.05, 4.69) is 65.3 Å². The Labute approximate surface area is 199 Å². The second kappa shape index (κ2) is 11.2. The van der Waals surface area contributed by atoms with Gasteiger partial charge in [0.1, 0.15) is 0 Å². The molecule has 34 heavy (non-hydrogen) atoms. The number of allylic oxidation sites excluding steroid dienone is 1. The smallest absolute Gasteiger partial charge is 0.250 e. The first-order valence-electron chi connectivity index (χ1n) is 10.8. The highest BCUT2D eigenvalue weighted by atomic mass is 15.4. The Bertz CT molecular complexity index is 1180. The summed E-state index contributed by atoms with van der Waals surface area (Å²) in [5, 5.41) is 10.6. The van der Waals surface area contributed by atoms with Crippen LogP contribution in [-0.2, 0) is 0 Å². The Kier molecular flexibility index (Phi) is 7.43. The van der Waals surface area contributed by atoms with Crippen LogP contribution in [0.15, 0.2) is 96.1 Å². The highest BCUT2D eigenvalue weighted by molar-refractivity contribution is 5.79. The lowest BCUT2D eigenvalue weighted by atomic mass is 10.2. The molecule has 0 bridgehead atoms. The lowest BCUT2D eigenvalue weighted by Crippen LogP contribution is -2.07. The minimum atomic E-state index is 0.312. The van der Waals surface area contributed by atoms with Crippen molar-refractivity contribution < 1.29 is 0 Å². The number of nitrogens with zero attached hydrogens (tertiary/aromatic N) is 5. The van der Waals surface area contributed by atoms with Crippen molar-refractivity contribution in [2.75, 3.05) is 35.1 Å². The van der Waals surface area contributed by atoms with Gasteiger partial charge in [0.15, 0.2) is 0 Å². The molecule has 0 atom stereocenters. The molecule has 4 rings (SSSR count). The second-order valence-corrected chi connectivity index (χ2v) is 7.52. The van der Waals surface area contributed by atoms with Crippen molar-refractivity contribution in [1.82, 2.24) is 15.0 Å². The van der Waals surface area contributed by atoms with Crippen LogP contribution in [0.2, 0.25) is 0 Å². The first kappa shape index (κ1) is 22.5. The first-order valence-corrected chi connectivity index (χ1v) is 10.8. The molecule has 0 spiro atoms. The van der Waals surface area contributed by atoms with Crippen LogP contribution >= 0.6 is 0 Å². The summed E-state index contributed by atoms with van der Waals surface area (Å²) in [5.74, 6) is 1.11. The zero-order valence-corrected chi connectivity index (χ0v) is 19.1. The number of nitrogens with one attached hydrogen (secondary N) is 3. The minimum absolute atomic E-state index is 0.312. The summed E-state index contributed by atoms with van der Waals surface area (Å²) in [6.45, 7) is 0. The van der Waals surface area contributed by atoms with E-state index in [4.69, 9.17) is 0 Å². The molecule has 0 fully saturated rings. The maximum atomic E-state index is 4.47. The molecule has 0 amide bonds.